The average molecular weight is 413 g/mol. The van der Waals surface area contributed by atoms with E-state index in [4.69, 9.17) is 40.2 Å². The molecule has 0 bridgehead atoms. The van der Waals surface area contributed by atoms with Crippen molar-refractivity contribution in [2.45, 2.75) is 13.8 Å². The molecule has 0 spiro atoms. The molecule has 3 N–H and O–H groups in total. The summed E-state index contributed by atoms with van der Waals surface area (Å²) in [5, 5.41) is 15.5. The molecule has 2 aromatic rings. The fourth-order valence-corrected chi connectivity index (χ4v) is 2.65. The highest BCUT2D eigenvalue weighted by molar-refractivity contribution is 7.80. The van der Waals surface area contributed by atoms with E-state index in [2.05, 4.69) is 24.5 Å². The van der Waals surface area contributed by atoms with E-state index in [1.54, 1.807) is 24.3 Å². The molecule has 0 aliphatic carbocycles. The number of hydrogen-bond donors (Lipinski definition) is 3. The van der Waals surface area contributed by atoms with E-state index in [0.29, 0.717) is 28.9 Å². The Balaban J connectivity index is 1.98. The Bertz CT molecular complexity index is 811. The van der Waals surface area contributed by atoms with E-state index >= 15 is 0 Å². The molecular weight excluding hydrogens is 395 g/mol. The molecule has 0 fully saturated rings. The Morgan fingerprint density at radius 1 is 1.23 bits per heavy atom. The second kappa shape index (κ2) is 9.07. The number of rotatable bonds is 5. The number of anilines is 1. The van der Waals surface area contributed by atoms with Gasteiger partial charge in [0.1, 0.15) is 5.75 Å². The number of aromatic hydroxyl groups is 1. The van der Waals surface area contributed by atoms with Crippen molar-refractivity contribution in [1.82, 2.24) is 5.32 Å². The van der Waals surface area contributed by atoms with E-state index in [1.165, 1.54) is 12.1 Å². The third-order valence-electron chi connectivity index (χ3n) is 3.20. The van der Waals surface area contributed by atoms with Crippen LogP contribution in [0.2, 0.25) is 10.0 Å². The maximum absolute atomic E-state index is 12.2. The zero-order valence-corrected chi connectivity index (χ0v) is 16.5. The number of thiocarbonyl (C=S) groups is 1. The molecule has 8 heteroatoms. The second-order valence-corrected chi connectivity index (χ2v) is 7.17. The van der Waals surface area contributed by atoms with Gasteiger partial charge in [0.15, 0.2) is 10.9 Å². The summed E-state index contributed by atoms with van der Waals surface area (Å²) in [6.07, 6.45) is 0. The number of nitrogens with one attached hydrogen (secondary N) is 2. The molecule has 138 valence electrons. The number of phenolic OH excluding ortho intramolecular Hbond substituents is 1. The molecule has 2 rings (SSSR count). The van der Waals surface area contributed by atoms with Crippen molar-refractivity contribution in [2.75, 3.05) is 11.9 Å². The third kappa shape index (κ3) is 5.76. The number of amides is 1. The molecule has 0 radical (unpaired) electrons. The standard InChI is InChI=1S/C18H18Cl2N2O3S/c1-10(2)9-25-13-5-3-11(4-6-13)17(24)22-18(26)21-15-8-12(19)7-14(20)16(15)23/h3-8,10,23H,9H2,1-2H3,(H2,21,22,24,26). The Hall–Kier alpha value is -2.02. The summed E-state index contributed by atoms with van der Waals surface area (Å²) in [4.78, 5) is 12.2. The fourth-order valence-electron chi connectivity index (χ4n) is 1.96. The Morgan fingerprint density at radius 2 is 1.88 bits per heavy atom. The summed E-state index contributed by atoms with van der Waals surface area (Å²) >= 11 is 16.8. The third-order valence-corrected chi connectivity index (χ3v) is 3.91. The average Bonchev–Trinajstić information content (AvgIpc) is 2.57. The van der Waals surface area contributed by atoms with E-state index in [1.807, 2.05) is 0 Å². The molecule has 0 saturated carbocycles. The van der Waals surface area contributed by atoms with Crippen LogP contribution in [-0.4, -0.2) is 22.7 Å². The minimum Gasteiger partial charge on any atom is -0.504 e. The predicted octanol–water partition coefficient (Wildman–Crippen LogP) is 4.86. The first-order valence-electron chi connectivity index (χ1n) is 7.79. The molecule has 0 aliphatic rings. The Labute approximate surface area is 167 Å². The quantitative estimate of drug-likeness (QED) is 0.483. The largest absolute Gasteiger partial charge is 0.504 e. The van der Waals surface area contributed by atoms with Crippen LogP contribution in [0.15, 0.2) is 36.4 Å². The fraction of sp³-hybridized carbons (Fsp3) is 0.222. The van der Waals surface area contributed by atoms with Crippen molar-refractivity contribution in [2.24, 2.45) is 5.92 Å². The molecule has 0 saturated heterocycles. The minimum atomic E-state index is -0.398. The summed E-state index contributed by atoms with van der Waals surface area (Å²) in [7, 11) is 0. The van der Waals surface area contributed by atoms with Crippen LogP contribution in [0.3, 0.4) is 0 Å². The number of benzene rings is 2. The van der Waals surface area contributed by atoms with Gasteiger partial charge in [-0.05, 0) is 54.5 Å². The maximum atomic E-state index is 12.2. The number of phenols is 1. The normalized spacial score (nSPS) is 10.5. The summed E-state index contributed by atoms with van der Waals surface area (Å²) in [6, 6.07) is 9.56. The zero-order chi connectivity index (χ0) is 19.3. The number of ether oxygens (including phenoxy) is 1. The van der Waals surface area contributed by atoms with Crippen molar-refractivity contribution in [3.05, 3.63) is 52.0 Å². The molecule has 2 aromatic carbocycles. The van der Waals surface area contributed by atoms with E-state index in [-0.39, 0.29) is 21.6 Å². The van der Waals surface area contributed by atoms with E-state index in [9.17, 15) is 9.90 Å². The van der Waals surface area contributed by atoms with Crippen LogP contribution in [-0.2, 0) is 0 Å². The molecule has 0 heterocycles. The van der Waals surface area contributed by atoms with Gasteiger partial charge in [-0.25, -0.2) is 0 Å². The lowest BCUT2D eigenvalue weighted by molar-refractivity contribution is 0.0977. The Morgan fingerprint density at radius 3 is 2.50 bits per heavy atom. The molecule has 0 atom stereocenters. The van der Waals surface area contributed by atoms with Crippen molar-refractivity contribution < 1.29 is 14.6 Å². The van der Waals surface area contributed by atoms with Gasteiger partial charge in [0.05, 0.1) is 17.3 Å². The first kappa shape index (κ1) is 20.3. The van der Waals surface area contributed by atoms with Crippen LogP contribution in [0.25, 0.3) is 0 Å². The van der Waals surface area contributed by atoms with Crippen LogP contribution in [0, 0.1) is 5.92 Å². The lowest BCUT2D eigenvalue weighted by atomic mass is 10.2. The van der Waals surface area contributed by atoms with Gasteiger partial charge in [0.2, 0.25) is 0 Å². The summed E-state index contributed by atoms with van der Waals surface area (Å²) in [5.41, 5.74) is 0.615. The molecule has 1 amide bonds. The molecule has 26 heavy (non-hydrogen) atoms. The molecule has 5 nitrogen and oxygen atoms in total. The SMILES string of the molecule is CC(C)COc1ccc(C(=O)NC(=S)Nc2cc(Cl)cc(Cl)c2O)cc1. The van der Waals surface area contributed by atoms with Gasteiger partial charge in [0, 0.05) is 10.6 Å². The number of halogens is 2. The van der Waals surface area contributed by atoms with Gasteiger partial charge in [-0.1, -0.05) is 37.0 Å². The first-order chi connectivity index (χ1) is 12.3. The summed E-state index contributed by atoms with van der Waals surface area (Å²) in [5.74, 6) is 0.497. The maximum Gasteiger partial charge on any atom is 0.257 e. The van der Waals surface area contributed by atoms with Crippen molar-refractivity contribution in [1.29, 1.82) is 0 Å². The Kier molecular flexibility index (Phi) is 7.08. The van der Waals surface area contributed by atoms with Crippen LogP contribution >= 0.6 is 35.4 Å². The highest BCUT2D eigenvalue weighted by atomic mass is 35.5. The first-order valence-corrected chi connectivity index (χ1v) is 8.96. The monoisotopic (exact) mass is 412 g/mol. The lowest BCUT2D eigenvalue weighted by Gasteiger charge is -2.12. The van der Waals surface area contributed by atoms with Gasteiger partial charge in [-0.2, -0.15) is 0 Å². The van der Waals surface area contributed by atoms with E-state index in [0.717, 1.165) is 0 Å². The van der Waals surface area contributed by atoms with Crippen molar-refractivity contribution >= 4 is 52.1 Å². The smallest absolute Gasteiger partial charge is 0.257 e. The van der Waals surface area contributed by atoms with E-state index < -0.39 is 5.91 Å². The molecule has 0 aromatic heterocycles. The van der Waals surface area contributed by atoms with Gasteiger partial charge >= 0.3 is 0 Å². The van der Waals surface area contributed by atoms with Crippen LogP contribution in [0.1, 0.15) is 24.2 Å². The van der Waals surface area contributed by atoms with Crippen molar-refractivity contribution in [3.63, 3.8) is 0 Å². The number of hydrogen-bond acceptors (Lipinski definition) is 4. The topological polar surface area (TPSA) is 70.6 Å². The summed E-state index contributed by atoms with van der Waals surface area (Å²) < 4.78 is 5.58. The number of carbonyl (C=O) groups excluding carboxylic acids is 1. The highest BCUT2D eigenvalue weighted by Gasteiger charge is 2.12. The van der Waals surface area contributed by atoms with Gasteiger partial charge in [0.25, 0.3) is 5.91 Å². The van der Waals surface area contributed by atoms with Crippen molar-refractivity contribution in [3.8, 4) is 11.5 Å². The highest BCUT2D eigenvalue weighted by Crippen LogP contribution is 2.34. The number of carbonyl (C=O) groups is 1. The predicted molar refractivity (Wildman–Crippen MR) is 109 cm³/mol. The minimum absolute atomic E-state index is 0.00349. The zero-order valence-electron chi connectivity index (χ0n) is 14.2. The molecular formula is C18H18Cl2N2O3S. The van der Waals surface area contributed by atoms with Gasteiger partial charge in [-0.15, -0.1) is 0 Å². The molecule has 0 unspecified atom stereocenters. The lowest BCUT2D eigenvalue weighted by Crippen LogP contribution is -2.34. The second-order valence-electron chi connectivity index (χ2n) is 5.92. The van der Waals surface area contributed by atoms with Crippen LogP contribution < -0.4 is 15.4 Å². The molecule has 0 aliphatic heterocycles. The van der Waals surface area contributed by atoms with Crippen LogP contribution in [0.4, 0.5) is 5.69 Å². The summed E-state index contributed by atoms with van der Waals surface area (Å²) in [6.45, 7) is 4.71. The van der Waals surface area contributed by atoms with Gasteiger partial charge < -0.3 is 15.2 Å². The van der Waals surface area contributed by atoms with Crippen LogP contribution in [0.5, 0.6) is 11.5 Å². The van der Waals surface area contributed by atoms with Gasteiger partial charge in [-0.3, -0.25) is 10.1 Å².